The highest BCUT2D eigenvalue weighted by Crippen LogP contribution is 2.21. The van der Waals surface area contributed by atoms with Gasteiger partial charge in [-0.25, -0.2) is 0 Å². The summed E-state index contributed by atoms with van der Waals surface area (Å²) in [4.78, 5) is 2.41. The van der Waals surface area contributed by atoms with Gasteiger partial charge in [-0.3, -0.25) is 4.90 Å². The van der Waals surface area contributed by atoms with E-state index in [1.807, 2.05) is 25.1 Å². The van der Waals surface area contributed by atoms with Crippen molar-refractivity contribution < 1.29 is 4.74 Å². The number of nitrogens with two attached hydrogens (primary N) is 1. The molecule has 1 heterocycles. The van der Waals surface area contributed by atoms with E-state index in [4.69, 9.17) is 15.7 Å². The molecule has 0 aromatic heterocycles. The lowest BCUT2D eigenvalue weighted by Gasteiger charge is -2.27. The van der Waals surface area contributed by atoms with Crippen LogP contribution in [0.5, 0.6) is 5.75 Å². The maximum Gasteiger partial charge on any atom is 0.122 e. The molecule has 0 saturated heterocycles. The number of nitrogens with zero attached hydrogens (tertiary/aromatic N) is 2. The van der Waals surface area contributed by atoms with Crippen LogP contribution in [0.1, 0.15) is 24.5 Å². The predicted octanol–water partition coefficient (Wildman–Crippen LogP) is 2.09. The van der Waals surface area contributed by atoms with E-state index in [-0.39, 0.29) is 0 Å². The van der Waals surface area contributed by atoms with Gasteiger partial charge < -0.3 is 10.5 Å². The standard InChI is InChI=1S/C17H23N3O/c1-2-21-17-6-5-14(11-18)10-16(17)7-9-20-8-3-4-15(12-19)13-20/h4-6,10H,2-3,7-9,12-13,19H2,1H3. The van der Waals surface area contributed by atoms with Gasteiger partial charge in [0.25, 0.3) is 0 Å². The first kappa shape index (κ1) is 15.6. The smallest absolute Gasteiger partial charge is 0.122 e. The molecule has 112 valence electrons. The summed E-state index contributed by atoms with van der Waals surface area (Å²) in [5.74, 6) is 0.892. The number of benzene rings is 1. The summed E-state index contributed by atoms with van der Waals surface area (Å²) in [7, 11) is 0. The fourth-order valence-corrected chi connectivity index (χ4v) is 2.64. The molecule has 2 N–H and O–H groups in total. The van der Waals surface area contributed by atoms with Crippen molar-refractivity contribution in [3.63, 3.8) is 0 Å². The Kier molecular flexibility index (Phi) is 5.79. The van der Waals surface area contributed by atoms with E-state index < -0.39 is 0 Å². The first-order valence-corrected chi connectivity index (χ1v) is 7.53. The van der Waals surface area contributed by atoms with Gasteiger partial charge in [-0.2, -0.15) is 5.26 Å². The zero-order valence-corrected chi connectivity index (χ0v) is 12.6. The van der Waals surface area contributed by atoms with E-state index >= 15 is 0 Å². The van der Waals surface area contributed by atoms with Gasteiger partial charge in [0, 0.05) is 26.2 Å². The van der Waals surface area contributed by atoms with Crippen molar-refractivity contribution >= 4 is 0 Å². The van der Waals surface area contributed by atoms with Crippen molar-refractivity contribution in [2.24, 2.45) is 5.73 Å². The average Bonchev–Trinajstić information content (AvgIpc) is 2.54. The number of ether oxygens (including phenoxy) is 1. The molecule has 0 unspecified atom stereocenters. The van der Waals surface area contributed by atoms with Crippen molar-refractivity contribution in [1.29, 1.82) is 5.26 Å². The molecule has 2 rings (SSSR count). The monoisotopic (exact) mass is 285 g/mol. The van der Waals surface area contributed by atoms with Crippen LogP contribution < -0.4 is 10.5 Å². The molecule has 4 nitrogen and oxygen atoms in total. The van der Waals surface area contributed by atoms with E-state index in [0.717, 1.165) is 43.8 Å². The summed E-state index contributed by atoms with van der Waals surface area (Å²) in [6, 6.07) is 7.85. The van der Waals surface area contributed by atoms with E-state index in [9.17, 15) is 0 Å². The molecule has 0 spiro atoms. The molecule has 1 aromatic rings. The Balaban J connectivity index is 2.02. The summed E-state index contributed by atoms with van der Waals surface area (Å²) in [5, 5.41) is 9.04. The van der Waals surface area contributed by atoms with E-state index in [0.29, 0.717) is 18.7 Å². The third-order valence-electron chi connectivity index (χ3n) is 3.75. The highest BCUT2D eigenvalue weighted by atomic mass is 16.5. The van der Waals surface area contributed by atoms with Gasteiger partial charge in [0.1, 0.15) is 5.75 Å². The SMILES string of the molecule is CCOc1ccc(C#N)cc1CCN1CCC=C(CN)C1. The Morgan fingerprint density at radius 3 is 3.00 bits per heavy atom. The minimum atomic E-state index is 0.642. The second-order valence-corrected chi connectivity index (χ2v) is 5.25. The van der Waals surface area contributed by atoms with Gasteiger partial charge in [0.05, 0.1) is 18.2 Å². The summed E-state index contributed by atoms with van der Waals surface area (Å²) in [5.41, 5.74) is 8.84. The quantitative estimate of drug-likeness (QED) is 0.813. The molecule has 21 heavy (non-hydrogen) atoms. The fourth-order valence-electron chi connectivity index (χ4n) is 2.64. The normalized spacial score (nSPS) is 15.4. The Labute approximate surface area is 126 Å². The highest BCUT2D eigenvalue weighted by molar-refractivity contribution is 5.42. The van der Waals surface area contributed by atoms with Crippen LogP contribution in [0.4, 0.5) is 0 Å². The zero-order chi connectivity index (χ0) is 15.1. The van der Waals surface area contributed by atoms with Crippen LogP contribution >= 0.6 is 0 Å². The van der Waals surface area contributed by atoms with Gasteiger partial charge in [0.15, 0.2) is 0 Å². The fraction of sp³-hybridized carbons (Fsp3) is 0.471. The Morgan fingerprint density at radius 1 is 1.43 bits per heavy atom. The topological polar surface area (TPSA) is 62.3 Å². The Hall–Kier alpha value is -1.83. The van der Waals surface area contributed by atoms with Crippen molar-refractivity contribution in [1.82, 2.24) is 4.90 Å². The van der Waals surface area contributed by atoms with Crippen LogP contribution in [0.2, 0.25) is 0 Å². The minimum Gasteiger partial charge on any atom is -0.494 e. The Morgan fingerprint density at radius 2 is 2.29 bits per heavy atom. The van der Waals surface area contributed by atoms with Gasteiger partial charge in [-0.15, -0.1) is 0 Å². The maximum atomic E-state index is 9.04. The lowest BCUT2D eigenvalue weighted by molar-refractivity contribution is 0.288. The second kappa shape index (κ2) is 7.82. The molecule has 0 fully saturated rings. The summed E-state index contributed by atoms with van der Waals surface area (Å²) in [6.07, 6.45) is 4.21. The van der Waals surface area contributed by atoms with Crippen LogP contribution in [-0.4, -0.2) is 37.7 Å². The van der Waals surface area contributed by atoms with E-state index in [1.54, 1.807) is 0 Å². The van der Waals surface area contributed by atoms with Crippen LogP contribution in [0, 0.1) is 11.3 Å². The van der Waals surface area contributed by atoms with Crippen molar-refractivity contribution in [3.8, 4) is 11.8 Å². The second-order valence-electron chi connectivity index (χ2n) is 5.25. The summed E-state index contributed by atoms with van der Waals surface area (Å²) >= 11 is 0. The van der Waals surface area contributed by atoms with Gasteiger partial charge >= 0.3 is 0 Å². The first-order valence-electron chi connectivity index (χ1n) is 7.53. The first-order chi connectivity index (χ1) is 10.3. The highest BCUT2D eigenvalue weighted by Gasteiger charge is 2.13. The van der Waals surface area contributed by atoms with Gasteiger partial charge in [-0.1, -0.05) is 6.08 Å². The van der Waals surface area contributed by atoms with Crippen LogP contribution in [0.15, 0.2) is 29.8 Å². The van der Waals surface area contributed by atoms with Crippen LogP contribution in [-0.2, 0) is 6.42 Å². The molecule has 0 saturated carbocycles. The molecule has 1 aliphatic heterocycles. The Bertz CT molecular complexity index is 545. The third-order valence-corrected chi connectivity index (χ3v) is 3.75. The molecule has 0 atom stereocenters. The lowest BCUT2D eigenvalue weighted by atomic mass is 10.1. The van der Waals surface area contributed by atoms with Gasteiger partial charge in [-0.05, 0) is 49.1 Å². The molecule has 1 aromatic carbocycles. The number of hydrogen-bond acceptors (Lipinski definition) is 4. The summed E-state index contributed by atoms with van der Waals surface area (Å²) in [6.45, 7) is 6.26. The molecular formula is C17H23N3O. The number of rotatable bonds is 6. The van der Waals surface area contributed by atoms with E-state index in [2.05, 4.69) is 17.0 Å². The number of hydrogen-bond donors (Lipinski definition) is 1. The molecule has 0 amide bonds. The van der Waals surface area contributed by atoms with Crippen molar-refractivity contribution in [2.75, 3.05) is 32.8 Å². The van der Waals surface area contributed by atoms with Crippen molar-refractivity contribution in [2.45, 2.75) is 19.8 Å². The van der Waals surface area contributed by atoms with Crippen molar-refractivity contribution in [3.05, 3.63) is 41.0 Å². The summed E-state index contributed by atoms with van der Waals surface area (Å²) < 4.78 is 5.66. The number of nitriles is 1. The third kappa shape index (κ3) is 4.32. The molecular weight excluding hydrogens is 262 g/mol. The molecule has 0 radical (unpaired) electrons. The average molecular weight is 285 g/mol. The van der Waals surface area contributed by atoms with Gasteiger partial charge in [0.2, 0.25) is 0 Å². The van der Waals surface area contributed by atoms with Crippen LogP contribution in [0.3, 0.4) is 0 Å². The lowest BCUT2D eigenvalue weighted by Crippen LogP contribution is -2.33. The largest absolute Gasteiger partial charge is 0.494 e. The maximum absolute atomic E-state index is 9.04. The molecule has 4 heteroatoms. The minimum absolute atomic E-state index is 0.642. The molecule has 0 bridgehead atoms. The predicted molar refractivity (Wildman–Crippen MR) is 84.2 cm³/mol. The molecule has 0 aliphatic carbocycles. The molecule has 1 aliphatic rings. The zero-order valence-electron chi connectivity index (χ0n) is 12.6. The van der Waals surface area contributed by atoms with E-state index in [1.165, 1.54) is 5.57 Å². The van der Waals surface area contributed by atoms with Crippen LogP contribution in [0.25, 0.3) is 0 Å².